The second-order valence-electron chi connectivity index (χ2n) is 4.14. The van der Waals surface area contributed by atoms with Crippen LogP contribution in [0.15, 0.2) is 41.0 Å². The second-order valence-corrected chi connectivity index (χ2v) is 5.05. The Bertz CT molecular complexity index is 509. The van der Waals surface area contributed by atoms with E-state index in [0.29, 0.717) is 6.54 Å². The Morgan fingerprint density at radius 2 is 2.22 bits per heavy atom. The molecule has 1 aromatic carbocycles. The van der Waals surface area contributed by atoms with Gasteiger partial charge in [-0.3, -0.25) is 4.68 Å². The predicted octanol–water partition coefficient (Wildman–Crippen LogP) is 2.15. The molecular formula is C13H17BrN4. The minimum absolute atomic E-state index is 0.629. The Balaban J connectivity index is 2.20. The van der Waals surface area contributed by atoms with Crippen molar-refractivity contribution in [3.63, 3.8) is 0 Å². The highest BCUT2D eigenvalue weighted by Gasteiger charge is 2.09. The minimum Gasteiger partial charge on any atom is -0.364 e. The van der Waals surface area contributed by atoms with Crippen LogP contribution in [0.2, 0.25) is 0 Å². The van der Waals surface area contributed by atoms with Crippen LogP contribution in [0.1, 0.15) is 5.69 Å². The lowest BCUT2D eigenvalue weighted by molar-refractivity contribution is 0.679. The van der Waals surface area contributed by atoms with Crippen LogP contribution in [0, 0.1) is 0 Å². The monoisotopic (exact) mass is 308 g/mol. The number of aryl methyl sites for hydroxylation is 1. The smallest absolute Gasteiger partial charge is 0.0599 e. The molecule has 0 fully saturated rings. The normalized spacial score (nSPS) is 10.6. The molecule has 2 rings (SSSR count). The van der Waals surface area contributed by atoms with Crippen molar-refractivity contribution in [1.82, 2.24) is 9.78 Å². The second kappa shape index (κ2) is 6.02. The lowest BCUT2D eigenvalue weighted by Gasteiger charge is -2.24. The third kappa shape index (κ3) is 3.11. The van der Waals surface area contributed by atoms with Gasteiger partial charge in [0.05, 0.1) is 12.2 Å². The zero-order valence-corrected chi connectivity index (χ0v) is 12.0. The maximum atomic E-state index is 5.70. The van der Waals surface area contributed by atoms with E-state index in [1.165, 1.54) is 5.69 Å². The summed E-state index contributed by atoms with van der Waals surface area (Å²) in [5, 5.41) is 4.19. The molecule has 0 bridgehead atoms. The summed E-state index contributed by atoms with van der Waals surface area (Å²) < 4.78 is 2.97. The topological polar surface area (TPSA) is 47.1 Å². The van der Waals surface area contributed by atoms with Crippen molar-refractivity contribution in [2.24, 2.45) is 12.8 Å². The summed E-state index contributed by atoms with van der Waals surface area (Å²) in [5.41, 5.74) is 8.03. The Morgan fingerprint density at radius 1 is 1.39 bits per heavy atom. The van der Waals surface area contributed by atoms with Crippen molar-refractivity contribution in [2.45, 2.75) is 6.54 Å². The van der Waals surface area contributed by atoms with Crippen LogP contribution < -0.4 is 10.6 Å². The van der Waals surface area contributed by atoms with Gasteiger partial charge < -0.3 is 10.6 Å². The van der Waals surface area contributed by atoms with E-state index in [2.05, 4.69) is 38.1 Å². The van der Waals surface area contributed by atoms with Crippen molar-refractivity contribution in [2.75, 3.05) is 18.0 Å². The van der Waals surface area contributed by atoms with Crippen LogP contribution in [0.4, 0.5) is 5.69 Å². The van der Waals surface area contributed by atoms with Gasteiger partial charge in [0.1, 0.15) is 0 Å². The van der Waals surface area contributed by atoms with E-state index in [1.54, 1.807) is 0 Å². The highest BCUT2D eigenvalue weighted by Crippen LogP contribution is 2.21. The fourth-order valence-corrected chi connectivity index (χ4v) is 2.27. The van der Waals surface area contributed by atoms with Gasteiger partial charge in [-0.1, -0.05) is 22.0 Å². The lowest BCUT2D eigenvalue weighted by atomic mass is 10.2. The van der Waals surface area contributed by atoms with Crippen molar-refractivity contribution in [1.29, 1.82) is 0 Å². The van der Waals surface area contributed by atoms with Gasteiger partial charge >= 0.3 is 0 Å². The summed E-state index contributed by atoms with van der Waals surface area (Å²) in [6.07, 6.45) is 1.82. The first kappa shape index (κ1) is 13.1. The molecule has 0 aliphatic carbocycles. The van der Waals surface area contributed by atoms with Crippen LogP contribution in [0.25, 0.3) is 0 Å². The number of anilines is 1. The molecule has 0 unspecified atom stereocenters. The first-order chi connectivity index (χ1) is 8.70. The Labute approximate surface area is 116 Å². The zero-order chi connectivity index (χ0) is 13.0. The number of hydrogen-bond donors (Lipinski definition) is 1. The Kier molecular flexibility index (Phi) is 4.38. The van der Waals surface area contributed by atoms with E-state index in [9.17, 15) is 0 Å². The standard InChI is InChI=1S/C13H17BrN4/c1-17-13(5-7-16-17)10-18(8-6-15)12-4-2-3-11(14)9-12/h2-5,7,9H,6,8,10,15H2,1H3. The highest BCUT2D eigenvalue weighted by atomic mass is 79.9. The first-order valence-electron chi connectivity index (χ1n) is 5.88. The van der Waals surface area contributed by atoms with Gasteiger partial charge in [0.25, 0.3) is 0 Å². The quantitative estimate of drug-likeness (QED) is 0.920. The van der Waals surface area contributed by atoms with E-state index in [4.69, 9.17) is 5.73 Å². The fourth-order valence-electron chi connectivity index (χ4n) is 1.88. The minimum atomic E-state index is 0.629. The van der Waals surface area contributed by atoms with Crippen molar-refractivity contribution < 1.29 is 0 Å². The van der Waals surface area contributed by atoms with Gasteiger partial charge in [-0.2, -0.15) is 5.10 Å². The number of aromatic nitrogens is 2. The average Bonchev–Trinajstić information content (AvgIpc) is 2.74. The summed E-state index contributed by atoms with van der Waals surface area (Å²) in [7, 11) is 1.96. The van der Waals surface area contributed by atoms with Gasteiger partial charge in [0.15, 0.2) is 0 Å². The van der Waals surface area contributed by atoms with Gasteiger partial charge in [0.2, 0.25) is 0 Å². The van der Waals surface area contributed by atoms with E-state index < -0.39 is 0 Å². The SMILES string of the molecule is Cn1nccc1CN(CCN)c1cccc(Br)c1. The van der Waals surface area contributed by atoms with Crippen LogP contribution in [0.3, 0.4) is 0 Å². The van der Waals surface area contributed by atoms with E-state index in [1.807, 2.05) is 36.1 Å². The average molecular weight is 309 g/mol. The Morgan fingerprint density at radius 3 is 2.83 bits per heavy atom. The molecule has 4 nitrogen and oxygen atoms in total. The number of hydrogen-bond acceptors (Lipinski definition) is 3. The molecule has 96 valence electrons. The largest absolute Gasteiger partial charge is 0.364 e. The van der Waals surface area contributed by atoms with E-state index in [0.717, 1.165) is 23.2 Å². The predicted molar refractivity (Wildman–Crippen MR) is 77.5 cm³/mol. The third-order valence-corrected chi connectivity index (χ3v) is 3.34. The van der Waals surface area contributed by atoms with Crippen molar-refractivity contribution in [3.8, 4) is 0 Å². The molecule has 18 heavy (non-hydrogen) atoms. The first-order valence-corrected chi connectivity index (χ1v) is 6.67. The molecule has 0 saturated carbocycles. The molecule has 0 aliphatic heterocycles. The molecular weight excluding hydrogens is 292 g/mol. The number of nitrogens with two attached hydrogens (primary N) is 1. The molecule has 5 heteroatoms. The third-order valence-electron chi connectivity index (χ3n) is 2.85. The summed E-state index contributed by atoms with van der Waals surface area (Å²) in [5.74, 6) is 0. The molecule has 0 aliphatic rings. The van der Waals surface area contributed by atoms with Gasteiger partial charge in [-0.05, 0) is 24.3 Å². The van der Waals surface area contributed by atoms with E-state index in [-0.39, 0.29) is 0 Å². The van der Waals surface area contributed by atoms with Crippen LogP contribution in [-0.4, -0.2) is 22.9 Å². The lowest BCUT2D eigenvalue weighted by Crippen LogP contribution is -2.29. The number of benzene rings is 1. The molecule has 1 aromatic heterocycles. The molecule has 1 heterocycles. The molecule has 0 atom stereocenters. The van der Waals surface area contributed by atoms with Crippen LogP contribution in [-0.2, 0) is 13.6 Å². The van der Waals surface area contributed by atoms with Gasteiger partial charge in [-0.15, -0.1) is 0 Å². The number of nitrogens with zero attached hydrogens (tertiary/aromatic N) is 3. The van der Waals surface area contributed by atoms with Gasteiger partial charge in [-0.25, -0.2) is 0 Å². The molecule has 0 amide bonds. The molecule has 2 N–H and O–H groups in total. The summed E-state index contributed by atoms with van der Waals surface area (Å²) >= 11 is 3.50. The van der Waals surface area contributed by atoms with Gasteiger partial charge in [0, 0.05) is 36.5 Å². The molecule has 2 aromatic rings. The zero-order valence-electron chi connectivity index (χ0n) is 10.4. The highest BCUT2D eigenvalue weighted by molar-refractivity contribution is 9.10. The number of rotatable bonds is 5. The van der Waals surface area contributed by atoms with Crippen LogP contribution in [0.5, 0.6) is 0 Å². The fraction of sp³-hybridized carbons (Fsp3) is 0.308. The summed E-state index contributed by atoms with van der Waals surface area (Å²) in [4.78, 5) is 2.25. The van der Waals surface area contributed by atoms with Crippen LogP contribution >= 0.6 is 15.9 Å². The maximum Gasteiger partial charge on any atom is 0.0599 e. The molecule has 0 spiro atoms. The number of halogens is 1. The maximum absolute atomic E-state index is 5.70. The van der Waals surface area contributed by atoms with Crippen molar-refractivity contribution in [3.05, 3.63) is 46.7 Å². The Hall–Kier alpha value is -1.33. The molecule has 0 radical (unpaired) electrons. The van der Waals surface area contributed by atoms with E-state index >= 15 is 0 Å². The summed E-state index contributed by atoms with van der Waals surface area (Å²) in [6.45, 7) is 2.26. The molecule has 0 saturated heterocycles. The van der Waals surface area contributed by atoms with Crippen molar-refractivity contribution >= 4 is 21.6 Å². The summed E-state index contributed by atoms with van der Waals surface area (Å²) in [6, 6.07) is 10.3.